The fourth-order valence-electron chi connectivity index (χ4n) is 10.5. The van der Waals surface area contributed by atoms with E-state index in [1.54, 1.807) is 46.6 Å². The average Bonchev–Trinajstić information content (AvgIpc) is 3.35. The SMILES string of the molecule is C.CC#N.COc1cc2c(cc1OC)[C@H]1C[C@@H](OC(=O)[C@@H](N)C(C)C)[C@H](CC(C)C)CN1CC2.COc1cc2c(cc1OC)[C@H]1C[C@@H](OC(=O)[C@@H](N)C(C)C)[C@H](CC(C)C)CN1CC2.Cc1ccc(S(=O)(=O)O)cc1.Cl. The van der Waals surface area contributed by atoms with E-state index in [4.69, 9.17) is 49.7 Å². The van der Waals surface area contributed by atoms with E-state index in [0.717, 1.165) is 93.3 Å². The molecule has 0 aromatic heterocycles. The van der Waals surface area contributed by atoms with Gasteiger partial charge in [0.15, 0.2) is 23.0 Å². The Labute approximate surface area is 462 Å². The molecule has 428 valence electrons. The highest BCUT2D eigenvalue weighted by molar-refractivity contribution is 7.85. The van der Waals surface area contributed by atoms with Crippen LogP contribution in [0.3, 0.4) is 0 Å². The largest absolute Gasteiger partial charge is 0.493 e. The van der Waals surface area contributed by atoms with E-state index >= 15 is 0 Å². The molecule has 0 aliphatic carbocycles. The summed E-state index contributed by atoms with van der Waals surface area (Å²) in [7, 11) is 2.66. The number of hydrogen-bond donors (Lipinski definition) is 3. The molecule has 4 heterocycles. The van der Waals surface area contributed by atoms with E-state index < -0.39 is 22.2 Å². The Morgan fingerprint density at radius 3 is 1.29 bits per heavy atom. The number of nitrogens with zero attached hydrogens (tertiary/aromatic N) is 3. The van der Waals surface area contributed by atoms with Gasteiger partial charge in [0.25, 0.3) is 10.1 Å². The van der Waals surface area contributed by atoms with Crippen molar-refractivity contribution in [3.05, 3.63) is 76.3 Å². The summed E-state index contributed by atoms with van der Waals surface area (Å²) in [6.45, 7) is 23.9. The Bertz CT molecular complexity index is 2320. The molecule has 0 amide bonds. The summed E-state index contributed by atoms with van der Waals surface area (Å²) < 4.78 is 63.8. The zero-order chi connectivity index (χ0) is 55.2. The molecule has 3 aromatic rings. The molecule has 4 aliphatic heterocycles. The van der Waals surface area contributed by atoms with E-state index in [-0.39, 0.29) is 72.8 Å². The minimum atomic E-state index is -4.02. The zero-order valence-corrected chi connectivity index (χ0v) is 48.6. The third-order valence-corrected chi connectivity index (χ3v) is 15.4. The third kappa shape index (κ3) is 18.2. The first kappa shape index (κ1) is 67.4. The molecule has 0 spiro atoms. The molecular weight excluding hydrogens is 1010 g/mol. The van der Waals surface area contributed by atoms with Gasteiger partial charge in [0.1, 0.15) is 24.3 Å². The topological polar surface area (TPSA) is 226 Å². The highest BCUT2D eigenvalue weighted by Crippen LogP contribution is 2.46. The summed E-state index contributed by atoms with van der Waals surface area (Å²) in [5.74, 6) is 4.35. The summed E-state index contributed by atoms with van der Waals surface area (Å²) >= 11 is 0. The molecule has 3 aromatic carbocycles. The van der Waals surface area contributed by atoms with Gasteiger partial charge >= 0.3 is 11.9 Å². The van der Waals surface area contributed by atoms with Gasteiger partial charge in [-0.05, 0) is 115 Å². The maximum Gasteiger partial charge on any atom is 0.323 e. The van der Waals surface area contributed by atoms with Crippen LogP contribution >= 0.6 is 12.4 Å². The predicted molar refractivity (Wildman–Crippen MR) is 302 cm³/mol. The van der Waals surface area contributed by atoms with Crippen LogP contribution in [0.15, 0.2) is 53.4 Å². The zero-order valence-electron chi connectivity index (χ0n) is 47.0. The average molecular weight is 1100 g/mol. The van der Waals surface area contributed by atoms with E-state index in [9.17, 15) is 18.0 Å². The van der Waals surface area contributed by atoms with Gasteiger partial charge in [-0.1, -0.05) is 80.5 Å². The second kappa shape index (κ2) is 31.1. The highest BCUT2D eigenvalue weighted by atomic mass is 35.5. The van der Waals surface area contributed by atoms with Crippen LogP contribution in [-0.2, 0) is 42.0 Å². The summed E-state index contributed by atoms with van der Waals surface area (Å²) in [5.41, 5.74) is 18.2. The number of ether oxygens (including phenoxy) is 6. The summed E-state index contributed by atoms with van der Waals surface area (Å²) in [6, 6.07) is 15.4. The first-order valence-electron chi connectivity index (χ1n) is 26.2. The number of methoxy groups -OCH3 is 4. The molecule has 5 N–H and O–H groups in total. The van der Waals surface area contributed by atoms with Crippen molar-refractivity contribution < 1.29 is 51.0 Å². The van der Waals surface area contributed by atoms with E-state index in [0.29, 0.717) is 23.7 Å². The molecule has 18 heteroatoms. The van der Waals surface area contributed by atoms with Crippen molar-refractivity contribution in [2.45, 2.75) is 156 Å². The number of aryl methyl sites for hydroxylation is 1. The lowest BCUT2D eigenvalue weighted by Crippen LogP contribution is -2.51. The van der Waals surface area contributed by atoms with Crippen LogP contribution < -0.4 is 30.4 Å². The fraction of sp³-hybridized carbons (Fsp3) is 0.638. The molecule has 76 heavy (non-hydrogen) atoms. The standard InChI is InChI=1S/2C24H38N2O4.C7H8O3S.C2H3N.CH4.ClH/c2*1-14(2)9-17-13-26-8-7-16-10-21(28-5)22(29-6)11-18(16)19(26)12-20(17)30-24(27)23(25)15(3)4;1-6-2-4-7(5-3-6)11(8,9)10;1-2-3;;/h2*10-11,14-15,17,19-20,23H,7-9,12-13,25H2,1-6H3;2-5H,1H3,(H,8,9,10);1H3;1H4;1H/t2*17-,19-,20-,23+;;;;/m11..../s1. The van der Waals surface area contributed by atoms with Crippen molar-refractivity contribution in [2.24, 2.45) is 47.0 Å². The van der Waals surface area contributed by atoms with Gasteiger partial charge in [0, 0.05) is 69.9 Å². The van der Waals surface area contributed by atoms with Crippen LogP contribution in [0.2, 0.25) is 0 Å². The number of rotatable bonds is 15. The molecule has 4 aliphatic rings. The van der Waals surface area contributed by atoms with E-state index in [1.165, 1.54) is 41.3 Å². The Morgan fingerprint density at radius 1 is 0.671 bits per heavy atom. The first-order chi connectivity index (χ1) is 34.9. The van der Waals surface area contributed by atoms with Gasteiger partial charge in [-0.3, -0.25) is 23.9 Å². The van der Waals surface area contributed by atoms with Gasteiger partial charge in [-0.25, -0.2) is 0 Å². The monoisotopic (exact) mass is 1100 g/mol. The van der Waals surface area contributed by atoms with E-state index in [1.807, 2.05) is 34.6 Å². The Balaban J connectivity index is 0.000000408. The molecule has 0 saturated carbocycles. The lowest BCUT2D eigenvalue weighted by molar-refractivity contribution is -0.161. The Kier molecular flexibility index (Phi) is 27.6. The van der Waals surface area contributed by atoms with Gasteiger partial charge in [0.2, 0.25) is 0 Å². The molecule has 0 radical (unpaired) electrons. The summed E-state index contributed by atoms with van der Waals surface area (Å²) in [4.78, 5) is 30.4. The molecule has 2 fully saturated rings. The third-order valence-electron chi connectivity index (χ3n) is 14.5. The molecule has 7 rings (SSSR count). The summed E-state index contributed by atoms with van der Waals surface area (Å²) in [6.07, 6.45) is 5.39. The number of nitrogens with two attached hydrogens (primary N) is 2. The van der Waals surface area contributed by atoms with Crippen LogP contribution in [-0.4, -0.2) is 114 Å². The lowest BCUT2D eigenvalue weighted by Gasteiger charge is -2.47. The van der Waals surface area contributed by atoms with Crippen LogP contribution in [0.5, 0.6) is 23.0 Å². The van der Waals surface area contributed by atoms with Crippen molar-refractivity contribution in [3.8, 4) is 29.1 Å². The predicted octanol–water partition coefficient (Wildman–Crippen LogP) is 9.96. The maximum atomic E-state index is 12.7. The van der Waals surface area contributed by atoms with E-state index in [2.05, 4.69) is 61.8 Å². The van der Waals surface area contributed by atoms with Gasteiger partial charge < -0.3 is 39.9 Å². The fourth-order valence-corrected chi connectivity index (χ4v) is 11.0. The van der Waals surface area contributed by atoms with Gasteiger partial charge in [-0.2, -0.15) is 13.7 Å². The highest BCUT2D eigenvalue weighted by Gasteiger charge is 2.43. The minimum Gasteiger partial charge on any atom is -0.493 e. The van der Waals surface area contributed by atoms with Crippen LogP contribution in [0.25, 0.3) is 0 Å². The molecule has 16 nitrogen and oxygen atoms in total. The summed E-state index contributed by atoms with van der Waals surface area (Å²) in [5, 5.41) is 7.32. The Morgan fingerprint density at radius 2 is 1.00 bits per heavy atom. The minimum absolute atomic E-state index is 0. The van der Waals surface area contributed by atoms with Crippen molar-refractivity contribution in [3.63, 3.8) is 0 Å². The van der Waals surface area contributed by atoms with Crippen molar-refractivity contribution in [1.82, 2.24) is 9.80 Å². The van der Waals surface area contributed by atoms with Gasteiger partial charge in [-0.15, -0.1) is 12.4 Å². The van der Waals surface area contributed by atoms with Crippen molar-refractivity contribution in [2.75, 3.05) is 54.6 Å². The van der Waals surface area contributed by atoms with Crippen molar-refractivity contribution >= 4 is 34.5 Å². The first-order valence-corrected chi connectivity index (χ1v) is 27.6. The number of nitriles is 1. The molecule has 0 unspecified atom stereocenters. The Hall–Kier alpha value is -4.67. The van der Waals surface area contributed by atoms with Crippen LogP contribution in [0.1, 0.15) is 135 Å². The van der Waals surface area contributed by atoms with Crippen LogP contribution in [0, 0.1) is 53.8 Å². The second-order valence-corrected chi connectivity index (χ2v) is 23.0. The number of piperidine rings is 2. The molecular formula is C58H92ClN5O11S. The number of hydrogen-bond acceptors (Lipinski definition) is 15. The number of carbonyl (C=O) groups excluding carboxylic acids is 2. The number of esters is 2. The van der Waals surface area contributed by atoms with Crippen molar-refractivity contribution in [1.29, 1.82) is 5.26 Å². The number of carbonyl (C=O) groups is 2. The normalized spacial score (nSPS) is 21.4. The van der Waals surface area contributed by atoms with Crippen LogP contribution in [0.4, 0.5) is 0 Å². The lowest BCUT2D eigenvalue weighted by atomic mass is 9.79. The molecule has 8 atom stereocenters. The number of benzene rings is 3. The maximum absolute atomic E-state index is 12.7. The second-order valence-electron chi connectivity index (χ2n) is 21.6. The smallest absolute Gasteiger partial charge is 0.323 e. The number of halogens is 1. The molecule has 2 saturated heterocycles. The quantitative estimate of drug-likeness (QED) is 0.0950. The molecule has 0 bridgehead atoms. The van der Waals surface area contributed by atoms with Gasteiger partial charge in [0.05, 0.1) is 39.4 Å². The number of fused-ring (bicyclic) bond motifs is 6.